The van der Waals surface area contributed by atoms with Gasteiger partial charge in [0.25, 0.3) is 0 Å². The smallest absolute Gasteiger partial charge is 0.217 e. The first-order valence-corrected chi connectivity index (χ1v) is 8.64. The topological polar surface area (TPSA) is 46.6 Å². The van der Waals surface area contributed by atoms with Crippen LogP contribution in [0.1, 0.15) is 25.0 Å². The van der Waals surface area contributed by atoms with E-state index < -0.39 is 10.0 Å². The van der Waals surface area contributed by atoms with E-state index in [9.17, 15) is 8.42 Å². The number of sulfonamides is 1. The Labute approximate surface area is 121 Å². The Kier molecular flexibility index (Phi) is 4.83. The van der Waals surface area contributed by atoms with Gasteiger partial charge in [-0.2, -0.15) is 4.31 Å². The molecule has 5 heteroatoms. The molecule has 0 N–H and O–H groups in total. The maximum Gasteiger partial charge on any atom is 0.217 e. The first-order valence-electron chi connectivity index (χ1n) is 7.03. The minimum absolute atomic E-state index is 0.0715. The van der Waals surface area contributed by atoms with Crippen molar-refractivity contribution in [3.63, 3.8) is 0 Å². The summed E-state index contributed by atoms with van der Waals surface area (Å²) in [5.74, 6) is 0.300. The van der Waals surface area contributed by atoms with E-state index in [1.165, 1.54) is 0 Å². The van der Waals surface area contributed by atoms with Crippen LogP contribution in [0.4, 0.5) is 0 Å². The maximum atomic E-state index is 12.5. The summed E-state index contributed by atoms with van der Waals surface area (Å²) < 4.78 is 32.1. The van der Waals surface area contributed by atoms with Gasteiger partial charge in [0.1, 0.15) is 0 Å². The quantitative estimate of drug-likeness (QED) is 0.859. The molecule has 0 spiro atoms. The predicted octanol–water partition coefficient (Wildman–Crippen LogP) is 2.18. The van der Waals surface area contributed by atoms with E-state index in [1.54, 1.807) is 4.31 Å². The van der Waals surface area contributed by atoms with Crippen molar-refractivity contribution in [1.82, 2.24) is 4.31 Å². The molecule has 1 heterocycles. The fraction of sp³-hybridized carbons (Fsp3) is 0.600. The number of hydrogen-bond acceptors (Lipinski definition) is 3. The number of nitrogens with zero attached hydrogens (tertiary/aromatic N) is 1. The molecule has 0 amide bonds. The van der Waals surface area contributed by atoms with Crippen molar-refractivity contribution < 1.29 is 13.2 Å². The van der Waals surface area contributed by atoms with Crippen LogP contribution < -0.4 is 0 Å². The van der Waals surface area contributed by atoms with Gasteiger partial charge >= 0.3 is 0 Å². The Morgan fingerprint density at radius 2 is 2.05 bits per heavy atom. The van der Waals surface area contributed by atoms with Gasteiger partial charge in [0.05, 0.1) is 25.0 Å². The SMILES string of the molecule is Cc1ccccc1CN1C(C(C)C)COCCS1(=O)=O. The van der Waals surface area contributed by atoms with E-state index in [0.717, 1.165) is 11.1 Å². The second-order valence-electron chi connectivity index (χ2n) is 5.67. The van der Waals surface area contributed by atoms with Gasteiger partial charge < -0.3 is 4.74 Å². The third-order valence-electron chi connectivity index (χ3n) is 3.86. The number of hydrogen-bond donors (Lipinski definition) is 0. The molecule has 4 nitrogen and oxygen atoms in total. The third kappa shape index (κ3) is 3.40. The van der Waals surface area contributed by atoms with E-state index in [0.29, 0.717) is 13.2 Å². The summed E-state index contributed by atoms with van der Waals surface area (Å²) in [5.41, 5.74) is 2.18. The summed E-state index contributed by atoms with van der Waals surface area (Å²) in [7, 11) is -3.26. The lowest BCUT2D eigenvalue weighted by molar-refractivity contribution is 0.0901. The first kappa shape index (κ1) is 15.5. The Bertz CT molecular complexity index is 554. The molecule has 1 atom stereocenters. The van der Waals surface area contributed by atoms with Crippen LogP contribution in [-0.2, 0) is 21.3 Å². The molecule has 0 bridgehead atoms. The predicted molar refractivity (Wildman–Crippen MR) is 80.0 cm³/mol. The molecular formula is C15H23NO3S. The normalized spacial score (nSPS) is 23.7. The van der Waals surface area contributed by atoms with Crippen molar-refractivity contribution in [1.29, 1.82) is 0 Å². The molecule has 0 aliphatic carbocycles. The number of rotatable bonds is 3. The Balaban J connectivity index is 2.34. The number of aryl methyl sites for hydroxylation is 1. The van der Waals surface area contributed by atoms with Crippen LogP contribution in [0.25, 0.3) is 0 Å². The average molecular weight is 297 g/mol. The van der Waals surface area contributed by atoms with Crippen LogP contribution in [0.3, 0.4) is 0 Å². The highest BCUT2D eigenvalue weighted by atomic mass is 32.2. The van der Waals surface area contributed by atoms with Gasteiger partial charge in [-0.3, -0.25) is 0 Å². The summed E-state index contributed by atoms with van der Waals surface area (Å²) in [4.78, 5) is 0. The minimum atomic E-state index is -3.26. The van der Waals surface area contributed by atoms with Crippen molar-refractivity contribution >= 4 is 10.0 Å². The zero-order valence-corrected chi connectivity index (χ0v) is 13.2. The summed E-state index contributed by atoms with van der Waals surface area (Å²) >= 11 is 0. The van der Waals surface area contributed by atoms with Crippen LogP contribution in [0, 0.1) is 12.8 Å². The van der Waals surface area contributed by atoms with E-state index in [4.69, 9.17) is 4.74 Å². The fourth-order valence-corrected chi connectivity index (χ4v) is 4.09. The second-order valence-corrected chi connectivity index (χ2v) is 7.72. The molecule has 1 aliphatic heterocycles. The van der Waals surface area contributed by atoms with Gasteiger partial charge in [0.2, 0.25) is 10.0 Å². The van der Waals surface area contributed by atoms with E-state index >= 15 is 0 Å². The lowest BCUT2D eigenvalue weighted by atomic mass is 10.0. The van der Waals surface area contributed by atoms with Crippen LogP contribution in [0.15, 0.2) is 24.3 Å². The van der Waals surface area contributed by atoms with E-state index in [1.807, 2.05) is 45.0 Å². The molecule has 1 aromatic carbocycles. The molecular weight excluding hydrogens is 274 g/mol. The molecule has 1 fully saturated rings. The minimum Gasteiger partial charge on any atom is -0.379 e. The molecule has 1 aliphatic rings. The Hall–Kier alpha value is -0.910. The second kappa shape index (κ2) is 6.24. The standard InChI is InChI=1S/C15H23NO3S/c1-12(2)15-11-19-8-9-20(17,18)16(15)10-14-7-5-4-6-13(14)3/h4-7,12,15H,8-11H2,1-3H3. The molecule has 20 heavy (non-hydrogen) atoms. The lowest BCUT2D eigenvalue weighted by Gasteiger charge is -2.31. The molecule has 1 saturated heterocycles. The monoisotopic (exact) mass is 297 g/mol. The van der Waals surface area contributed by atoms with Crippen LogP contribution >= 0.6 is 0 Å². The van der Waals surface area contributed by atoms with Crippen molar-refractivity contribution in [3.8, 4) is 0 Å². The number of benzene rings is 1. The molecule has 112 valence electrons. The molecule has 1 unspecified atom stereocenters. The van der Waals surface area contributed by atoms with E-state index in [2.05, 4.69) is 0 Å². The van der Waals surface area contributed by atoms with Gasteiger partial charge in [-0.05, 0) is 24.0 Å². The highest BCUT2D eigenvalue weighted by Crippen LogP contribution is 2.23. The molecule has 0 radical (unpaired) electrons. The van der Waals surface area contributed by atoms with Gasteiger partial charge in [-0.25, -0.2) is 8.42 Å². The molecule has 2 rings (SSSR count). The first-order chi connectivity index (χ1) is 9.42. The van der Waals surface area contributed by atoms with Gasteiger partial charge in [-0.15, -0.1) is 0 Å². The summed E-state index contributed by atoms with van der Waals surface area (Å²) in [6.07, 6.45) is 0. The van der Waals surface area contributed by atoms with Crippen LogP contribution in [-0.4, -0.2) is 37.7 Å². The van der Waals surface area contributed by atoms with Crippen LogP contribution in [0.5, 0.6) is 0 Å². The number of ether oxygens (including phenoxy) is 1. The highest BCUT2D eigenvalue weighted by molar-refractivity contribution is 7.89. The van der Waals surface area contributed by atoms with E-state index in [-0.39, 0.29) is 24.3 Å². The van der Waals surface area contributed by atoms with Crippen molar-refractivity contribution in [2.24, 2.45) is 5.92 Å². The van der Waals surface area contributed by atoms with Gasteiger partial charge in [0.15, 0.2) is 0 Å². The Morgan fingerprint density at radius 3 is 2.70 bits per heavy atom. The maximum absolute atomic E-state index is 12.5. The third-order valence-corrected chi connectivity index (χ3v) is 5.66. The largest absolute Gasteiger partial charge is 0.379 e. The average Bonchev–Trinajstić information content (AvgIpc) is 2.52. The van der Waals surface area contributed by atoms with Crippen molar-refractivity contribution in [3.05, 3.63) is 35.4 Å². The van der Waals surface area contributed by atoms with Crippen LogP contribution in [0.2, 0.25) is 0 Å². The van der Waals surface area contributed by atoms with Crippen molar-refractivity contribution in [2.45, 2.75) is 33.4 Å². The fourth-order valence-electron chi connectivity index (χ4n) is 2.47. The molecule has 0 saturated carbocycles. The summed E-state index contributed by atoms with van der Waals surface area (Å²) in [5, 5.41) is 0. The zero-order valence-electron chi connectivity index (χ0n) is 12.4. The molecule has 0 aromatic heterocycles. The summed E-state index contributed by atoms with van der Waals surface area (Å²) in [6, 6.07) is 7.84. The Morgan fingerprint density at radius 1 is 1.35 bits per heavy atom. The zero-order chi connectivity index (χ0) is 14.8. The summed E-state index contributed by atoms with van der Waals surface area (Å²) in [6.45, 7) is 7.29. The van der Waals surface area contributed by atoms with Gasteiger partial charge in [-0.1, -0.05) is 38.1 Å². The lowest BCUT2D eigenvalue weighted by Crippen LogP contribution is -2.44. The van der Waals surface area contributed by atoms with Crippen molar-refractivity contribution in [2.75, 3.05) is 19.0 Å². The highest BCUT2D eigenvalue weighted by Gasteiger charge is 2.34. The molecule has 1 aromatic rings. The van der Waals surface area contributed by atoms with Gasteiger partial charge in [0, 0.05) is 6.54 Å².